The molecule has 1 aromatic rings. The molecule has 1 saturated carbocycles. The van der Waals surface area contributed by atoms with Crippen LogP contribution in [-0.4, -0.2) is 23.5 Å². The first-order valence-electron chi connectivity index (χ1n) is 7.73. The molecule has 0 bridgehead atoms. The first kappa shape index (κ1) is 14.8. The summed E-state index contributed by atoms with van der Waals surface area (Å²) in [4.78, 5) is 16.4. The third-order valence-electron chi connectivity index (χ3n) is 3.71. The first-order valence-corrected chi connectivity index (χ1v) is 7.73. The Labute approximate surface area is 121 Å². The van der Waals surface area contributed by atoms with E-state index in [0.717, 1.165) is 37.4 Å². The van der Waals surface area contributed by atoms with Gasteiger partial charge >= 0.3 is 0 Å². The molecule has 20 heavy (non-hydrogen) atoms. The second-order valence-electron chi connectivity index (χ2n) is 5.61. The summed E-state index contributed by atoms with van der Waals surface area (Å²) in [6.07, 6.45) is 7.48. The number of carbonyl (C=O) groups is 1. The Morgan fingerprint density at radius 1 is 1.45 bits per heavy atom. The number of carbonyl (C=O) groups excluding carboxylic acids is 1. The van der Waals surface area contributed by atoms with Crippen molar-refractivity contribution >= 4 is 11.6 Å². The van der Waals surface area contributed by atoms with Gasteiger partial charge in [0.15, 0.2) is 0 Å². The highest BCUT2D eigenvalue weighted by Gasteiger charge is 2.25. The van der Waals surface area contributed by atoms with E-state index in [1.54, 1.807) is 6.20 Å². The maximum absolute atomic E-state index is 12.2. The van der Waals surface area contributed by atoms with Crippen LogP contribution in [0.4, 0.5) is 5.69 Å². The van der Waals surface area contributed by atoms with Gasteiger partial charge in [-0.1, -0.05) is 26.7 Å². The van der Waals surface area contributed by atoms with Gasteiger partial charge in [-0.15, -0.1) is 0 Å². The number of hydrogen-bond acceptors (Lipinski definition) is 3. The molecule has 1 fully saturated rings. The Morgan fingerprint density at radius 2 is 2.25 bits per heavy atom. The van der Waals surface area contributed by atoms with Crippen molar-refractivity contribution in [3.63, 3.8) is 0 Å². The molecule has 1 aliphatic carbocycles. The molecule has 1 heterocycles. The van der Waals surface area contributed by atoms with E-state index in [1.807, 2.05) is 12.1 Å². The summed E-state index contributed by atoms with van der Waals surface area (Å²) in [5.41, 5.74) is 1.46. The van der Waals surface area contributed by atoms with Gasteiger partial charge in [-0.2, -0.15) is 0 Å². The van der Waals surface area contributed by atoms with Gasteiger partial charge in [0.2, 0.25) is 0 Å². The Kier molecular flexibility index (Phi) is 5.39. The number of pyridine rings is 1. The summed E-state index contributed by atoms with van der Waals surface area (Å²) >= 11 is 0. The van der Waals surface area contributed by atoms with Gasteiger partial charge in [0.25, 0.3) is 5.91 Å². The smallest absolute Gasteiger partial charge is 0.270 e. The van der Waals surface area contributed by atoms with Crippen LogP contribution in [0.5, 0.6) is 0 Å². The molecule has 1 aliphatic rings. The van der Waals surface area contributed by atoms with Crippen LogP contribution in [0.15, 0.2) is 18.3 Å². The standard InChI is InChI=1S/C16H25N3O/c1-3-8-17-14-7-9-18-15(11-14)16(20)19-13(4-2)10-12-5-6-12/h7,9,11-13H,3-6,8,10H2,1-2H3,(H,17,18)(H,19,20). The van der Waals surface area contributed by atoms with Gasteiger partial charge in [-0.25, -0.2) is 0 Å². The van der Waals surface area contributed by atoms with Crippen molar-refractivity contribution in [2.45, 2.75) is 52.0 Å². The Morgan fingerprint density at radius 3 is 2.90 bits per heavy atom. The molecule has 4 nitrogen and oxygen atoms in total. The lowest BCUT2D eigenvalue weighted by Gasteiger charge is -2.16. The molecule has 2 N–H and O–H groups in total. The van der Waals surface area contributed by atoms with Crippen LogP contribution in [0.1, 0.15) is 56.4 Å². The molecule has 2 rings (SSSR count). The monoisotopic (exact) mass is 275 g/mol. The Hall–Kier alpha value is -1.58. The molecular formula is C16H25N3O. The van der Waals surface area contributed by atoms with Gasteiger partial charge in [-0.3, -0.25) is 9.78 Å². The number of nitrogens with zero attached hydrogens (tertiary/aromatic N) is 1. The van der Waals surface area contributed by atoms with Crippen LogP contribution < -0.4 is 10.6 Å². The van der Waals surface area contributed by atoms with Crippen molar-refractivity contribution in [2.24, 2.45) is 5.92 Å². The van der Waals surface area contributed by atoms with E-state index in [9.17, 15) is 4.79 Å². The van der Waals surface area contributed by atoms with E-state index in [1.165, 1.54) is 12.8 Å². The highest BCUT2D eigenvalue weighted by atomic mass is 16.1. The Balaban J connectivity index is 1.92. The average molecular weight is 275 g/mol. The second kappa shape index (κ2) is 7.27. The number of nitrogens with one attached hydrogen (secondary N) is 2. The summed E-state index contributed by atoms with van der Waals surface area (Å²) in [6, 6.07) is 4.01. The lowest BCUT2D eigenvalue weighted by Crippen LogP contribution is -2.35. The van der Waals surface area contributed by atoms with Gasteiger partial charge in [0.1, 0.15) is 5.69 Å². The van der Waals surface area contributed by atoms with Crippen LogP contribution in [0.2, 0.25) is 0 Å². The Bertz CT molecular complexity index is 443. The molecule has 110 valence electrons. The third kappa shape index (κ3) is 4.51. The highest BCUT2D eigenvalue weighted by molar-refractivity contribution is 5.93. The van der Waals surface area contributed by atoms with E-state index in [4.69, 9.17) is 0 Å². The summed E-state index contributed by atoms with van der Waals surface area (Å²) in [5.74, 6) is 0.767. The molecule has 0 aliphatic heterocycles. The van der Waals surface area contributed by atoms with Crippen LogP contribution in [0.3, 0.4) is 0 Å². The lowest BCUT2D eigenvalue weighted by atomic mass is 10.1. The normalized spacial score (nSPS) is 15.7. The summed E-state index contributed by atoms with van der Waals surface area (Å²) in [6.45, 7) is 5.15. The fraction of sp³-hybridized carbons (Fsp3) is 0.625. The molecule has 0 saturated heterocycles. The third-order valence-corrected chi connectivity index (χ3v) is 3.71. The van der Waals surface area contributed by atoms with E-state index in [-0.39, 0.29) is 11.9 Å². The van der Waals surface area contributed by atoms with Crippen molar-refractivity contribution < 1.29 is 4.79 Å². The van der Waals surface area contributed by atoms with Gasteiger partial charge < -0.3 is 10.6 Å². The van der Waals surface area contributed by atoms with Crippen molar-refractivity contribution in [3.8, 4) is 0 Å². The average Bonchev–Trinajstić information content (AvgIpc) is 3.28. The van der Waals surface area contributed by atoms with Crippen molar-refractivity contribution in [2.75, 3.05) is 11.9 Å². The van der Waals surface area contributed by atoms with Gasteiger partial charge in [0.05, 0.1) is 0 Å². The maximum atomic E-state index is 12.2. The zero-order valence-electron chi connectivity index (χ0n) is 12.5. The van der Waals surface area contributed by atoms with Crippen LogP contribution in [0, 0.1) is 5.92 Å². The van der Waals surface area contributed by atoms with Crippen molar-refractivity contribution in [1.29, 1.82) is 0 Å². The number of amides is 1. The van der Waals surface area contributed by atoms with Gasteiger partial charge in [0, 0.05) is 24.5 Å². The second-order valence-corrected chi connectivity index (χ2v) is 5.61. The molecule has 1 amide bonds. The zero-order valence-corrected chi connectivity index (χ0v) is 12.5. The fourth-order valence-electron chi connectivity index (χ4n) is 2.28. The number of rotatable bonds is 8. The summed E-state index contributed by atoms with van der Waals surface area (Å²) < 4.78 is 0. The highest BCUT2D eigenvalue weighted by Crippen LogP contribution is 2.34. The predicted octanol–water partition coefficient (Wildman–Crippen LogP) is 3.21. The molecule has 4 heteroatoms. The minimum Gasteiger partial charge on any atom is -0.385 e. The molecule has 1 atom stereocenters. The largest absolute Gasteiger partial charge is 0.385 e. The van der Waals surface area contributed by atoms with E-state index < -0.39 is 0 Å². The molecule has 1 unspecified atom stereocenters. The van der Waals surface area contributed by atoms with Crippen LogP contribution in [0.25, 0.3) is 0 Å². The molecule has 1 aromatic heterocycles. The fourth-order valence-corrected chi connectivity index (χ4v) is 2.28. The lowest BCUT2D eigenvalue weighted by molar-refractivity contribution is 0.0927. The maximum Gasteiger partial charge on any atom is 0.270 e. The van der Waals surface area contributed by atoms with Gasteiger partial charge in [-0.05, 0) is 37.3 Å². The van der Waals surface area contributed by atoms with Crippen molar-refractivity contribution in [1.82, 2.24) is 10.3 Å². The van der Waals surface area contributed by atoms with E-state index in [2.05, 4.69) is 29.5 Å². The van der Waals surface area contributed by atoms with E-state index >= 15 is 0 Å². The first-order chi connectivity index (χ1) is 9.72. The number of aromatic nitrogens is 1. The summed E-state index contributed by atoms with van der Waals surface area (Å²) in [5, 5.41) is 6.39. The minimum atomic E-state index is -0.0577. The van der Waals surface area contributed by atoms with Crippen LogP contribution in [-0.2, 0) is 0 Å². The number of anilines is 1. The SMILES string of the molecule is CCCNc1ccnc(C(=O)NC(CC)CC2CC2)c1. The quantitative estimate of drug-likeness (QED) is 0.766. The topological polar surface area (TPSA) is 54.0 Å². The molecule has 0 spiro atoms. The molecular weight excluding hydrogens is 250 g/mol. The molecule has 0 aromatic carbocycles. The van der Waals surface area contributed by atoms with E-state index in [0.29, 0.717) is 5.69 Å². The van der Waals surface area contributed by atoms with Crippen LogP contribution >= 0.6 is 0 Å². The minimum absolute atomic E-state index is 0.0577. The van der Waals surface area contributed by atoms with Crippen molar-refractivity contribution in [3.05, 3.63) is 24.0 Å². The zero-order chi connectivity index (χ0) is 14.4. The summed E-state index contributed by atoms with van der Waals surface area (Å²) in [7, 11) is 0. The molecule has 0 radical (unpaired) electrons. The predicted molar refractivity (Wildman–Crippen MR) is 81.9 cm³/mol. The number of hydrogen-bond donors (Lipinski definition) is 2.